The molecule has 1 atom stereocenters. The molecule has 7 heteroatoms. The molecule has 0 aromatic heterocycles. The molecule has 110 valence electrons. The van der Waals surface area contributed by atoms with Crippen molar-refractivity contribution in [3.8, 4) is 0 Å². The lowest BCUT2D eigenvalue weighted by atomic mass is 10.0. The molecule has 2 rings (SSSR count). The van der Waals surface area contributed by atoms with E-state index in [2.05, 4.69) is 5.32 Å². The fourth-order valence-electron chi connectivity index (χ4n) is 2.22. The molecule has 0 bridgehead atoms. The third-order valence-electron chi connectivity index (χ3n) is 3.18. The number of rotatable bonds is 4. The molecule has 0 saturated carbocycles. The molecule has 0 radical (unpaired) electrons. The van der Waals surface area contributed by atoms with Gasteiger partial charge in [0.15, 0.2) is 9.84 Å². The van der Waals surface area contributed by atoms with E-state index in [4.69, 9.17) is 0 Å². The van der Waals surface area contributed by atoms with Gasteiger partial charge >= 0.3 is 0 Å². The Morgan fingerprint density at radius 2 is 2.10 bits per heavy atom. The van der Waals surface area contributed by atoms with Crippen LogP contribution in [-0.2, 0) is 21.1 Å². The molecule has 1 aromatic carbocycles. The minimum Gasteiger partial charge on any atom is -0.312 e. The van der Waals surface area contributed by atoms with Crippen LogP contribution in [0.15, 0.2) is 18.2 Å². The number of sulfone groups is 1. The molecule has 0 spiro atoms. The lowest BCUT2D eigenvalue weighted by molar-refractivity contribution is -0.118. The van der Waals surface area contributed by atoms with E-state index < -0.39 is 27.5 Å². The van der Waals surface area contributed by atoms with Gasteiger partial charge in [0.2, 0.25) is 0 Å². The van der Waals surface area contributed by atoms with Crippen LogP contribution in [0.5, 0.6) is 0 Å². The number of ketones is 1. The van der Waals surface area contributed by atoms with Crippen LogP contribution in [0.1, 0.15) is 12.0 Å². The minimum atomic E-state index is -3.10. The first-order valence-corrected chi connectivity index (χ1v) is 8.07. The van der Waals surface area contributed by atoms with Crippen LogP contribution in [0.4, 0.5) is 8.78 Å². The van der Waals surface area contributed by atoms with Crippen molar-refractivity contribution < 1.29 is 22.0 Å². The first-order valence-electron chi connectivity index (χ1n) is 6.25. The predicted molar refractivity (Wildman–Crippen MR) is 70.1 cm³/mol. The van der Waals surface area contributed by atoms with E-state index in [1.54, 1.807) is 0 Å². The number of hydrogen-bond acceptors (Lipinski definition) is 4. The summed E-state index contributed by atoms with van der Waals surface area (Å²) in [4.78, 5) is 11.8. The van der Waals surface area contributed by atoms with Crippen molar-refractivity contribution in [1.82, 2.24) is 5.32 Å². The summed E-state index contributed by atoms with van der Waals surface area (Å²) in [5.74, 6) is -1.74. The van der Waals surface area contributed by atoms with Crippen LogP contribution < -0.4 is 5.32 Å². The molecular weight excluding hydrogens is 288 g/mol. The topological polar surface area (TPSA) is 63.2 Å². The van der Waals surface area contributed by atoms with Gasteiger partial charge < -0.3 is 5.32 Å². The van der Waals surface area contributed by atoms with E-state index in [0.29, 0.717) is 6.54 Å². The summed E-state index contributed by atoms with van der Waals surface area (Å²) in [6, 6.07) is 2.62. The van der Waals surface area contributed by atoms with E-state index in [1.807, 2.05) is 0 Å². The van der Waals surface area contributed by atoms with Gasteiger partial charge in [0.25, 0.3) is 0 Å². The molecule has 1 heterocycles. The average Bonchev–Trinajstić information content (AvgIpc) is 2.31. The Morgan fingerprint density at radius 1 is 1.35 bits per heavy atom. The molecule has 4 nitrogen and oxygen atoms in total. The molecule has 0 amide bonds. The van der Waals surface area contributed by atoms with Crippen LogP contribution in [0, 0.1) is 11.6 Å². The smallest absolute Gasteiger partial charge is 0.153 e. The van der Waals surface area contributed by atoms with Crippen LogP contribution in [-0.4, -0.2) is 38.3 Å². The Labute approximate surface area is 116 Å². The molecule has 1 N–H and O–H groups in total. The fourth-order valence-corrected chi connectivity index (χ4v) is 3.67. The van der Waals surface area contributed by atoms with Crippen molar-refractivity contribution in [2.75, 3.05) is 18.1 Å². The summed E-state index contributed by atoms with van der Waals surface area (Å²) in [6.45, 7) is 0.325. The number of hydrogen-bond donors (Lipinski definition) is 1. The summed E-state index contributed by atoms with van der Waals surface area (Å²) in [5, 5.41) is 2.96. The highest BCUT2D eigenvalue weighted by Gasteiger charge is 2.26. The van der Waals surface area contributed by atoms with Gasteiger partial charge in [-0.25, -0.2) is 17.2 Å². The van der Waals surface area contributed by atoms with Crippen LogP contribution in [0.2, 0.25) is 0 Å². The first kappa shape index (κ1) is 15.1. The Morgan fingerprint density at radius 3 is 2.75 bits per heavy atom. The zero-order valence-corrected chi connectivity index (χ0v) is 11.6. The Hall–Kier alpha value is -1.34. The van der Waals surface area contributed by atoms with Gasteiger partial charge in [-0.2, -0.15) is 0 Å². The van der Waals surface area contributed by atoms with Gasteiger partial charge in [-0.1, -0.05) is 6.07 Å². The zero-order chi connectivity index (χ0) is 14.8. The summed E-state index contributed by atoms with van der Waals surface area (Å²) in [5.41, 5.74) is 0.120. The summed E-state index contributed by atoms with van der Waals surface area (Å²) in [6.07, 6.45) is -0.139. The van der Waals surface area contributed by atoms with Crippen molar-refractivity contribution in [1.29, 1.82) is 0 Å². The van der Waals surface area contributed by atoms with E-state index in [-0.39, 0.29) is 35.7 Å². The quantitative estimate of drug-likeness (QED) is 0.896. The SMILES string of the molecule is O=C(Cc1ccc(F)cc1F)CC1CS(=O)(=O)CCN1. The zero-order valence-electron chi connectivity index (χ0n) is 10.7. The molecule has 20 heavy (non-hydrogen) atoms. The number of nitrogens with one attached hydrogen (secondary N) is 1. The minimum absolute atomic E-state index is 0.0239. The van der Waals surface area contributed by atoms with Gasteiger partial charge in [0.1, 0.15) is 17.4 Å². The second-order valence-corrected chi connectivity index (χ2v) is 7.15. The van der Waals surface area contributed by atoms with Crippen molar-refractivity contribution >= 4 is 15.6 Å². The maximum Gasteiger partial charge on any atom is 0.153 e. The largest absolute Gasteiger partial charge is 0.312 e. The number of benzene rings is 1. The van der Waals surface area contributed by atoms with Crippen molar-refractivity contribution in [3.63, 3.8) is 0 Å². The third-order valence-corrected chi connectivity index (χ3v) is 4.91. The highest BCUT2D eigenvalue weighted by molar-refractivity contribution is 7.91. The first-order chi connectivity index (χ1) is 9.35. The number of carbonyl (C=O) groups excluding carboxylic acids is 1. The molecule has 1 fully saturated rings. The summed E-state index contributed by atoms with van der Waals surface area (Å²) in [7, 11) is -3.10. The Balaban J connectivity index is 1.95. The molecule has 1 aliphatic rings. The predicted octanol–water partition coefficient (Wildman–Crippen LogP) is 0.853. The number of Topliss-reactive ketones (excluding diaryl/α,β-unsaturated/α-hetero) is 1. The molecule has 1 aromatic rings. The second-order valence-electron chi connectivity index (χ2n) is 4.92. The third kappa shape index (κ3) is 4.08. The highest BCUT2D eigenvalue weighted by Crippen LogP contribution is 2.13. The van der Waals surface area contributed by atoms with E-state index >= 15 is 0 Å². The molecule has 1 aliphatic heterocycles. The fraction of sp³-hybridized carbons (Fsp3) is 0.462. The van der Waals surface area contributed by atoms with Gasteiger partial charge in [-0.15, -0.1) is 0 Å². The lowest BCUT2D eigenvalue weighted by Crippen LogP contribution is -2.46. The van der Waals surface area contributed by atoms with Gasteiger partial charge in [-0.05, 0) is 11.6 Å². The van der Waals surface area contributed by atoms with Crippen molar-refractivity contribution in [2.24, 2.45) is 0 Å². The van der Waals surface area contributed by atoms with Gasteiger partial charge in [-0.3, -0.25) is 4.79 Å². The summed E-state index contributed by atoms with van der Waals surface area (Å²) >= 11 is 0. The van der Waals surface area contributed by atoms with Crippen LogP contribution in [0.3, 0.4) is 0 Å². The van der Waals surface area contributed by atoms with Gasteiger partial charge in [0, 0.05) is 31.5 Å². The Kier molecular flexibility index (Phi) is 4.49. The number of carbonyl (C=O) groups is 1. The maximum atomic E-state index is 13.4. The molecule has 1 unspecified atom stereocenters. The van der Waals surface area contributed by atoms with Crippen LogP contribution >= 0.6 is 0 Å². The Bertz CT molecular complexity index is 616. The maximum absolute atomic E-state index is 13.4. The van der Waals surface area contributed by atoms with Crippen molar-refractivity contribution in [2.45, 2.75) is 18.9 Å². The molecular formula is C13H15F2NO3S. The standard InChI is InChI=1S/C13H15F2NO3S/c14-10-2-1-9(13(15)6-10)5-12(17)7-11-8-20(18,19)4-3-16-11/h1-2,6,11,16H,3-5,7-8H2. The monoisotopic (exact) mass is 303 g/mol. The van der Waals surface area contributed by atoms with E-state index in [1.165, 1.54) is 6.07 Å². The normalized spacial score (nSPS) is 21.6. The highest BCUT2D eigenvalue weighted by atomic mass is 32.2. The van der Waals surface area contributed by atoms with E-state index in [9.17, 15) is 22.0 Å². The van der Waals surface area contributed by atoms with E-state index in [0.717, 1.165) is 12.1 Å². The van der Waals surface area contributed by atoms with Crippen LogP contribution in [0.25, 0.3) is 0 Å². The van der Waals surface area contributed by atoms with Crippen molar-refractivity contribution in [3.05, 3.63) is 35.4 Å². The van der Waals surface area contributed by atoms with Gasteiger partial charge in [0.05, 0.1) is 11.5 Å². The second kappa shape index (κ2) is 5.97. The average molecular weight is 303 g/mol. The molecule has 0 aliphatic carbocycles. The number of halogens is 2. The lowest BCUT2D eigenvalue weighted by Gasteiger charge is -2.23. The summed E-state index contributed by atoms with van der Waals surface area (Å²) < 4.78 is 49.0. The molecule has 1 saturated heterocycles.